The van der Waals surface area contributed by atoms with E-state index in [2.05, 4.69) is 39.8 Å². The van der Waals surface area contributed by atoms with Gasteiger partial charge in [-0.15, -0.1) is 0 Å². The lowest BCUT2D eigenvalue weighted by Crippen LogP contribution is -2.46. The number of rotatable bonds is 5. The van der Waals surface area contributed by atoms with Crippen molar-refractivity contribution in [1.29, 1.82) is 0 Å². The molecule has 0 saturated carbocycles. The van der Waals surface area contributed by atoms with Crippen molar-refractivity contribution in [2.45, 2.75) is 41.5 Å². The standard InChI is InChI=1S/C22H29ClN4O4S2/c1-15-19(25-33(30,31)17-7-8-18(23)21(14-17)32(24,28)29)9-6-16-4-3-5-20(22(15)16)27-12-10-26(2)11-13-27/h3-5,7-8,14-15,19,25H,6,9-13H2,1-2H3,(H2,24,28,29)/t15?,19-/m1/s1. The van der Waals surface area contributed by atoms with Gasteiger partial charge in [0, 0.05) is 37.9 Å². The van der Waals surface area contributed by atoms with Gasteiger partial charge < -0.3 is 9.80 Å². The fourth-order valence-electron chi connectivity index (χ4n) is 4.73. The predicted molar refractivity (Wildman–Crippen MR) is 130 cm³/mol. The zero-order chi connectivity index (χ0) is 24.0. The van der Waals surface area contributed by atoms with Gasteiger partial charge in [0.1, 0.15) is 4.90 Å². The zero-order valence-electron chi connectivity index (χ0n) is 18.7. The van der Waals surface area contributed by atoms with Crippen LogP contribution in [0.15, 0.2) is 46.2 Å². The molecule has 1 unspecified atom stereocenters. The van der Waals surface area contributed by atoms with Crippen LogP contribution < -0.4 is 14.8 Å². The molecule has 180 valence electrons. The smallest absolute Gasteiger partial charge is 0.240 e. The number of benzene rings is 2. The summed E-state index contributed by atoms with van der Waals surface area (Å²) in [7, 11) is -6.03. The van der Waals surface area contributed by atoms with Crippen molar-refractivity contribution >= 4 is 37.3 Å². The number of halogens is 1. The summed E-state index contributed by atoms with van der Waals surface area (Å²) in [5, 5.41) is 5.07. The summed E-state index contributed by atoms with van der Waals surface area (Å²) in [4.78, 5) is 4.09. The summed E-state index contributed by atoms with van der Waals surface area (Å²) in [6, 6.07) is 9.52. The molecule has 1 heterocycles. The van der Waals surface area contributed by atoms with Crippen LogP contribution in [-0.4, -0.2) is 61.0 Å². The number of aryl methyl sites for hydroxylation is 1. The molecule has 33 heavy (non-hydrogen) atoms. The molecule has 0 aromatic heterocycles. The number of nitrogens with one attached hydrogen (secondary N) is 1. The highest BCUT2D eigenvalue weighted by atomic mass is 35.5. The first kappa shape index (κ1) is 24.4. The van der Waals surface area contributed by atoms with Crippen molar-refractivity contribution in [3.8, 4) is 0 Å². The summed E-state index contributed by atoms with van der Waals surface area (Å²) in [6.07, 6.45) is 1.41. The summed E-state index contributed by atoms with van der Waals surface area (Å²) < 4.78 is 52.7. The Morgan fingerprint density at radius 1 is 1.06 bits per heavy atom. The van der Waals surface area contributed by atoms with Gasteiger partial charge in [-0.3, -0.25) is 0 Å². The van der Waals surface area contributed by atoms with Gasteiger partial charge in [0.15, 0.2) is 0 Å². The third-order valence-corrected chi connectivity index (χ3v) is 9.51. The molecule has 0 bridgehead atoms. The molecule has 8 nitrogen and oxygen atoms in total. The van der Waals surface area contributed by atoms with Crippen molar-refractivity contribution in [3.05, 3.63) is 52.5 Å². The van der Waals surface area contributed by atoms with E-state index in [4.69, 9.17) is 16.7 Å². The van der Waals surface area contributed by atoms with Gasteiger partial charge in [0.05, 0.1) is 9.92 Å². The first-order valence-electron chi connectivity index (χ1n) is 10.9. The van der Waals surface area contributed by atoms with Crippen LogP contribution in [0.4, 0.5) is 5.69 Å². The topological polar surface area (TPSA) is 113 Å². The van der Waals surface area contributed by atoms with Crippen molar-refractivity contribution in [1.82, 2.24) is 9.62 Å². The van der Waals surface area contributed by atoms with Crippen LogP contribution in [0, 0.1) is 0 Å². The van der Waals surface area contributed by atoms with Crippen LogP contribution in [0.5, 0.6) is 0 Å². The van der Waals surface area contributed by atoms with Crippen LogP contribution in [0.25, 0.3) is 0 Å². The van der Waals surface area contributed by atoms with E-state index in [9.17, 15) is 16.8 Å². The van der Waals surface area contributed by atoms with Crippen molar-refractivity contribution in [3.63, 3.8) is 0 Å². The lowest BCUT2D eigenvalue weighted by Gasteiger charge is -2.39. The highest BCUT2D eigenvalue weighted by Gasteiger charge is 2.33. The van der Waals surface area contributed by atoms with E-state index in [1.54, 1.807) is 0 Å². The Labute approximate surface area is 200 Å². The Morgan fingerprint density at radius 2 is 1.76 bits per heavy atom. The summed E-state index contributed by atoms with van der Waals surface area (Å²) in [5.41, 5.74) is 3.60. The maximum absolute atomic E-state index is 13.2. The lowest BCUT2D eigenvalue weighted by molar-refractivity contribution is 0.312. The number of primary sulfonamides is 1. The molecule has 0 spiro atoms. The Hall–Kier alpha value is -1.69. The van der Waals surface area contributed by atoms with Gasteiger partial charge >= 0.3 is 0 Å². The van der Waals surface area contributed by atoms with Gasteiger partial charge in [0.25, 0.3) is 0 Å². The highest BCUT2D eigenvalue weighted by Crippen LogP contribution is 2.39. The second kappa shape index (κ2) is 9.16. The van der Waals surface area contributed by atoms with E-state index in [1.807, 2.05) is 6.92 Å². The third kappa shape index (κ3) is 5.06. The minimum absolute atomic E-state index is 0.0515. The zero-order valence-corrected chi connectivity index (χ0v) is 21.0. The minimum Gasteiger partial charge on any atom is -0.369 e. The largest absolute Gasteiger partial charge is 0.369 e. The van der Waals surface area contributed by atoms with E-state index in [0.29, 0.717) is 6.42 Å². The molecule has 0 radical (unpaired) electrons. The Morgan fingerprint density at radius 3 is 2.42 bits per heavy atom. The number of hydrogen-bond donors (Lipinski definition) is 2. The first-order valence-corrected chi connectivity index (χ1v) is 14.3. The Bertz CT molecular complexity index is 1260. The number of anilines is 1. The van der Waals surface area contributed by atoms with Gasteiger partial charge in [-0.05, 0) is 61.2 Å². The maximum Gasteiger partial charge on any atom is 0.240 e. The fraction of sp³-hybridized carbons (Fsp3) is 0.455. The molecule has 1 aliphatic carbocycles. The van der Waals surface area contributed by atoms with Crippen molar-refractivity contribution in [2.75, 3.05) is 38.1 Å². The van der Waals surface area contributed by atoms with Crippen LogP contribution >= 0.6 is 11.6 Å². The van der Waals surface area contributed by atoms with Crippen molar-refractivity contribution < 1.29 is 16.8 Å². The third-order valence-electron chi connectivity index (χ3n) is 6.63. The molecular weight excluding hydrogens is 484 g/mol. The van der Waals surface area contributed by atoms with Crippen molar-refractivity contribution in [2.24, 2.45) is 5.14 Å². The molecule has 2 atom stereocenters. The predicted octanol–water partition coefficient (Wildman–Crippen LogP) is 2.14. The summed E-state index contributed by atoms with van der Waals surface area (Å²) in [5.74, 6) is -0.0515. The van der Waals surface area contributed by atoms with Crippen LogP contribution in [0.3, 0.4) is 0 Å². The number of fused-ring (bicyclic) bond motifs is 1. The molecule has 2 aliphatic rings. The average molecular weight is 513 g/mol. The lowest BCUT2D eigenvalue weighted by atomic mass is 9.79. The number of nitrogens with zero attached hydrogens (tertiary/aromatic N) is 2. The molecule has 2 aromatic rings. The molecule has 1 saturated heterocycles. The van der Waals surface area contributed by atoms with E-state index in [-0.39, 0.29) is 21.9 Å². The summed E-state index contributed by atoms with van der Waals surface area (Å²) in [6.45, 7) is 5.87. The van der Waals surface area contributed by atoms with Crippen LogP contribution in [-0.2, 0) is 26.5 Å². The van der Waals surface area contributed by atoms with E-state index in [1.165, 1.54) is 28.9 Å². The number of nitrogens with two attached hydrogens (primary N) is 1. The van der Waals surface area contributed by atoms with Crippen LogP contribution in [0.2, 0.25) is 5.02 Å². The highest BCUT2D eigenvalue weighted by molar-refractivity contribution is 7.90. The van der Waals surface area contributed by atoms with Gasteiger partial charge in [-0.1, -0.05) is 30.7 Å². The molecule has 4 rings (SSSR count). The van der Waals surface area contributed by atoms with Gasteiger partial charge in [-0.2, -0.15) is 0 Å². The summed E-state index contributed by atoms with van der Waals surface area (Å²) >= 11 is 5.92. The molecule has 1 fully saturated rings. The quantitative estimate of drug-likeness (QED) is 0.634. The Kier molecular flexibility index (Phi) is 6.78. The van der Waals surface area contributed by atoms with Gasteiger partial charge in [0.2, 0.25) is 20.0 Å². The second-order valence-electron chi connectivity index (χ2n) is 8.83. The number of sulfonamides is 2. The molecule has 0 amide bonds. The molecule has 11 heteroatoms. The van der Waals surface area contributed by atoms with Gasteiger partial charge in [-0.25, -0.2) is 26.7 Å². The number of hydrogen-bond acceptors (Lipinski definition) is 6. The molecule has 2 aromatic carbocycles. The maximum atomic E-state index is 13.2. The normalized spacial score (nSPS) is 22.2. The first-order chi connectivity index (χ1) is 15.5. The van der Waals surface area contributed by atoms with E-state index in [0.717, 1.165) is 38.7 Å². The Balaban J connectivity index is 1.62. The molecule has 3 N–H and O–H groups in total. The molecular formula is C22H29ClN4O4S2. The van der Waals surface area contributed by atoms with E-state index < -0.39 is 24.9 Å². The fourth-order valence-corrected chi connectivity index (χ4v) is 7.25. The van der Waals surface area contributed by atoms with Crippen LogP contribution in [0.1, 0.15) is 30.4 Å². The average Bonchev–Trinajstić information content (AvgIpc) is 2.75. The SMILES string of the molecule is CC1c2c(cccc2N2CCN(C)CC2)CC[C@H]1NS(=O)(=O)c1ccc(Cl)c(S(N)(=O)=O)c1. The molecule has 1 aliphatic heterocycles. The van der Waals surface area contributed by atoms with E-state index >= 15 is 0 Å². The monoisotopic (exact) mass is 512 g/mol. The number of piperazine rings is 1. The second-order valence-corrected chi connectivity index (χ2v) is 12.5. The minimum atomic E-state index is -4.16. The number of likely N-dealkylation sites (N-methyl/N-ethyl adjacent to an activating group) is 1.